The molecule has 1 aliphatic carbocycles. The van der Waals surface area contributed by atoms with Crippen LogP contribution < -0.4 is 0 Å². The molecule has 1 aliphatic heterocycles. The summed E-state index contributed by atoms with van der Waals surface area (Å²) in [4.78, 5) is 2.53. The fourth-order valence-electron chi connectivity index (χ4n) is 2.23. The largest absolute Gasteiger partial charge is 0.372 e. The first-order valence-electron chi connectivity index (χ1n) is 5.57. The van der Waals surface area contributed by atoms with Crippen LogP contribution in [0.15, 0.2) is 35.1 Å². The Bertz CT molecular complexity index is 301. The second-order valence-electron chi connectivity index (χ2n) is 4.35. The van der Waals surface area contributed by atoms with Gasteiger partial charge in [0.1, 0.15) is 0 Å². The molecule has 0 aromatic carbocycles. The maximum absolute atomic E-state index is 2.53. The predicted octanol–water partition coefficient (Wildman–Crippen LogP) is 3.26. The number of nitrogens with zero attached hydrogens (tertiary/aromatic N) is 1. The standard InChI is InChI=1S/C13H19N/c1-11-6-5-7-12(2)13(10-11)14-8-3-4-9-14/h5-6,10H,3-4,7-9H2,1-2H3. The quantitative estimate of drug-likeness (QED) is 0.612. The molecular formula is C13H19N. The Morgan fingerprint density at radius 1 is 1.14 bits per heavy atom. The SMILES string of the molecule is CC1=CC(N2CCCC2)=C(C)CC=C1. The van der Waals surface area contributed by atoms with Crippen molar-refractivity contribution in [1.29, 1.82) is 0 Å². The Balaban J connectivity index is 2.26. The van der Waals surface area contributed by atoms with Crippen LogP contribution in [0.4, 0.5) is 0 Å². The molecule has 14 heavy (non-hydrogen) atoms. The summed E-state index contributed by atoms with van der Waals surface area (Å²) in [5, 5.41) is 0. The Labute approximate surface area is 86.8 Å². The molecule has 0 atom stereocenters. The number of likely N-dealkylation sites (tertiary alicyclic amines) is 1. The van der Waals surface area contributed by atoms with Crippen LogP contribution in [0.1, 0.15) is 33.1 Å². The van der Waals surface area contributed by atoms with Gasteiger partial charge in [-0.2, -0.15) is 0 Å². The molecule has 1 heteroatoms. The van der Waals surface area contributed by atoms with E-state index in [1.807, 2.05) is 0 Å². The fraction of sp³-hybridized carbons (Fsp3) is 0.538. The van der Waals surface area contributed by atoms with Gasteiger partial charge >= 0.3 is 0 Å². The van der Waals surface area contributed by atoms with Crippen LogP contribution in [0, 0.1) is 0 Å². The molecule has 0 radical (unpaired) electrons. The van der Waals surface area contributed by atoms with Crippen molar-refractivity contribution < 1.29 is 0 Å². The van der Waals surface area contributed by atoms with E-state index in [1.165, 1.54) is 42.8 Å². The first-order chi connectivity index (χ1) is 6.77. The van der Waals surface area contributed by atoms with Gasteiger partial charge in [0.2, 0.25) is 0 Å². The third kappa shape index (κ3) is 1.92. The van der Waals surface area contributed by atoms with Crippen LogP contribution >= 0.6 is 0 Å². The zero-order valence-corrected chi connectivity index (χ0v) is 9.21. The van der Waals surface area contributed by atoms with E-state index in [-0.39, 0.29) is 0 Å². The first kappa shape index (κ1) is 9.57. The van der Waals surface area contributed by atoms with E-state index in [0.29, 0.717) is 0 Å². The van der Waals surface area contributed by atoms with Gasteiger partial charge in [-0.1, -0.05) is 12.2 Å². The lowest BCUT2D eigenvalue weighted by Gasteiger charge is -2.21. The van der Waals surface area contributed by atoms with Crippen LogP contribution in [0.3, 0.4) is 0 Å². The molecule has 0 bridgehead atoms. The minimum Gasteiger partial charge on any atom is -0.372 e. The summed E-state index contributed by atoms with van der Waals surface area (Å²) < 4.78 is 0. The molecule has 1 nitrogen and oxygen atoms in total. The molecule has 0 aromatic heterocycles. The van der Waals surface area contributed by atoms with Crippen molar-refractivity contribution in [3.8, 4) is 0 Å². The minimum atomic E-state index is 1.11. The number of allylic oxidation sites excluding steroid dienone is 5. The van der Waals surface area contributed by atoms with Crippen molar-refractivity contribution in [3.05, 3.63) is 35.1 Å². The Morgan fingerprint density at radius 2 is 1.86 bits per heavy atom. The van der Waals surface area contributed by atoms with Crippen molar-refractivity contribution in [2.75, 3.05) is 13.1 Å². The molecule has 0 unspecified atom stereocenters. The molecule has 1 fully saturated rings. The molecular weight excluding hydrogens is 170 g/mol. The molecule has 2 aliphatic rings. The molecule has 1 saturated heterocycles. The molecule has 0 spiro atoms. The maximum Gasteiger partial charge on any atom is 0.0361 e. The van der Waals surface area contributed by atoms with Gasteiger partial charge in [0.25, 0.3) is 0 Å². The van der Waals surface area contributed by atoms with Gasteiger partial charge in [-0.15, -0.1) is 0 Å². The van der Waals surface area contributed by atoms with E-state index in [2.05, 4.69) is 37.0 Å². The highest BCUT2D eigenvalue weighted by molar-refractivity contribution is 5.35. The second-order valence-corrected chi connectivity index (χ2v) is 4.35. The summed E-state index contributed by atoms with van der Waals surface area (Å²) >= 11 is 0. The monoisotopic (exact) mass is 189 g/mol. The third-order valence-corrected chi connectivity index (χ3v) is 3.05. The third-order valence-electron chi connectivity index (χ3n) is 3.05. The molecule has 76 valence electrons. The maximum atomic E-state index is 2.53. The van der Waals surface area contributed by atoms with Gasteiger partial charge in [0, 0.05) is 18.8 Å². The summed E-state index contributed by atoms with van der Waals surface area (Å²) in [5.74, 6) is 0. The lowest BCUT2D eigenvalue weighted by molar-refractivity contribution is 0.434. The van der Waals surface area contributed by atoms with Gasteiger partial charge in [0.05, 0.1) is 0 Å². The fourth-order valence-corrected chi connectivity index (χ4v) is 2.23. The lowest BCUT2D eigenvalue weighted by Crippen LogP contribution is -2.18. The normalized spacial score (nSPS) is 22.7. The van der Waals surface area contributed by atoms with Crippen LogP contribution in [0.5, 0.6) is 0 Å². The molecule has 0 aromatic rings. The zero-order chi connectivity index (χ0) is 9.97. The molecule has 2 rings (SSSR count). The summed E-state index contributed by atoms with van der Waals surface area (Å²) in [6.45, 7) is 6.94. The topological polar surface area (TPSA) is 3.24 Å². The average Bonchev–Trinajstić information content (AvgIpc) is 2.61. The number of hydrogen-bond acceptors (Lipinski definition) is 1. The van der Waals surface area contributed by atoms with Crippen LogP contribution in [-0.4, -0.2) is 18.0 Å². The highest BCUT2D eigenvalue weighted by atomic mass is 15.1. The average molecular weight is 189 g/mol. The van der Waals surface area contributed by atoms with E-state index in [1.54, 1.807) is 0 Å². The van der Waals surface area contributed by atoms with E-state index in [4.69, 9.17) is 0 Å². The smallest absolute Gasteiger partial charge is 0.0361 e. The number of rotatable bonds is 1. The molecule has 0 saturated carbocycles. The Kier molecular flexibility index (Phi) is 2.76. The Morgan fingerprint density at radius 3 is 2.57 bits per heavy atom. The summed E-state index contributed by atoms with van der Waals surface area (Å²) in [5.41, 5.74) is 4.37. The highest BCUT2D eigenvalue weighted by Gasteiger charge is 2.15. The van der Waals surface area contributed by atoms with Crippen LogP contribution in [0.25, 0.3) is 0 Å². The van der Waals surface area contributed by atoms with Gasteiger partial charge in [-0.25, -0.2) is 0 Å². The predicted molar refractivity (Wildman–Crippen MR) is 61.0 cm³/mol. The molecule has 0 amide bonds. The van der Waals surface area contributed by atoms with Crippen molar-refractivity contribution in [3.63, 3.8) is 0 Å². The van der Waals surface area contributed by atoms with E-state index in [9.17, 15) is 0 Å². The minimum absolute atomic E-state index is 1.11. The van der Waals surface area contributed by atoms with Gasteiger partial charge in [0.15, 0.2) is 0 Å². The number of hydrogen-bond donors (Lipinski definition) is 0. The molecule has 0 N–H and O–H groups in total. The molecule has 1 heterocycles. The summed E-state index contributed by atoms with van der Waals surface area (Å²) in [7, 11) is 0. The van der Waals surface area contributed by atoms with Gasteiger partial charge in [-0.05, 0) is 50.3 Å². The van der Waals surface area contributed by atoms with Gasteiger partial charge in [-0.3, -0.25) is 0 Å². The van der Waals surface area contributed by atoms with E-state index >= 15 is 0 Å². The van der Waals surface area contributed by atoms with Crippen molar-refractivity contribution in [2.24, 2.45) is 0 Å². The van der Waals surface area contributed by atoms with Gasteiger partial charge < -0.3 is 4.90 Å². The van der Waals surface area contributed by atoms with E-state index in [0.717, 1.165) is 6.42 Å². The van der Waals surface area contributed by atoms with Crippen LogP contribution in [-0.2, 0) is 0 Å². The highest BCUT2D eigenvalue weighted by Crippen LogP contribution is 2.24. The Hall–Kier alpha value is -0.980. The summed E-state index contributed by atoms with van der Waals surface area (Å²) in [6, 6.07) is 0. The van der Waals surface area contributed by atoms with E-state index < -0.39 is 0 Å². The van der Waals surface area contributed by atoms with Crippen LogP contribution in [0.2, 0.25) is 0 Å². The summed E-state index contributed by atoms with van der Waals surface area (Å²) in [6.07, 6.45) is 10.7. The second kappa shape index (κ2) is 4.04. The lowest BCUT2D eigenvalue weighted by atomic mass is 10.1. The van der Waals surface area contributed by atoms with Crippen molar-refractivity contribution in [1.82, 2.24) is 4.90 Å². The zero-order valence-electron chi connectivity index (χ0n) is 9.21. The van der Waals surface area contributed by atoms with Crippen molar-refractivity contribution in [2.45, 2.75) is 33.1 Å². The first-order valence-corrected chi connectivity index (χ1v) is 5.57. The van der Waals surface area contributed by atoms with Crippen molar-refractivity contribution >= 4 is 0 Å².